The maximum Gasteiger partial charge on any atom is 0.265 e. The molecule has 1 amide bonds. The summed E-state index contributed by atoms with van der Waals surface area (Å²) < 4.78 is 35.1. The number of rotatable bonds is 6. The zero-order valence-electron chi connectivity index (χ0n) is 16.7. The van der Waals surface area contributed by atoms with E-state index in [0.717, 1.165) is 11.3 Å². The lowest BCUT2D eigenvalue weighted by Gasteiger charge is -2.30. The number of thiophene rings is 1. The predicted molar refractivity (Wildman–Crippen MR) is 129 cm³/mol. The average Bonchev–Trinajstić information content (AvgIpc) is 3.22. The third kappa shape index (κ3) is 5.36. The van der Waals surface area contributed by atoms with E-state index in [1.165, 1.54) is 6.07 Å². The molecule has 0 unspecified atom stereocenters. The van der Waals surface area contributed by atoms with Crippen LogP contribution < -0.4 is 14.9 Å². The molecular formula is C21H19Cl2N3O4S2. The Morgan fingerprint density at radius 1 is 0.969 bits per heavy atom. The zero-order chi connectivity index (χ0) is 22.7. The first kappa shape index (κ1) is 22.9. The van der Waals surface area contributed by atoms with Gasteiger partial charge in [-0.25, -0.2) is 8.42 Å². The topological polar surface area (TPSA) is 87.7 Å². The summed E-state index contributed by atoms with van der Waals surface area (Å²) in [5.74, 6) is -0.366. The molecule has 1 saturated heterocycles. The molecular weight excluding hydrogens is 493 g/mol. The van der Waals surface area contributed by atoms with Crippen molar-refractivity contribution in [2.24, 2.45) is 0 Å². The molecule has 2 heterocycles. The molecule has 32 heavy (non-hydrogen) atoms. The highest BCUT2D eigenvalue weighted by Crippen LogP contribution is 2.31. The van der Waals surface area contributed by atoms with Gasteiger partial charge in [-0.1, -0.05) is 23.2 Å². The van der Waals surface area contributed by atoms with Gasteiger partial charge in [-0.3, -0.25) is 9.52 Å². The number of nitrogens with one attached hydrogen (secondary N) is 2. The molecule has 0 radical (unpaired) electrons. The Kier molecular flexibility index (Phi) is 6.92. The van der Waals surface area contributed by atoms with Crippen LogP contribution in [0.3, 0.4) is 0 Å². The molecule has 168 valence electrons. The van der Waals surface area contributed by atoms with Gasteiger partial charge in [-0.2, -0.15) is 0 Å². The number of hydrogen-bond donors (Lipinski definition) is 2. The fourth-order valence-corrected chi connectivity index (χ4v) is 5.60. The van der Waals surface area contributed by atoms with Crippen LogP contribution in [0.4, 0.5) is 17.1 Å². The van der Waals surface area contributed by atoms with Crippen molar-refractivity contribution in [3.05, 3.63) is 68.8 Å². The van der Waals surface area contributed by atoms with Crippen molar-refractivity contribution in [1.82, 2.24) is 0 Å². The Bertz CT molecular complexity index is 1220. The van der Waals surface area contributed by atoms with Gasteiger partial charge in [-0.15, -0.1) is 11.3 Å². The van der Waals surface area contributed by atoms with Crippen molar-refractivity contribution >= 4 is 67.5 Å². The smallest absolute Gasteiger partial charge is 0.265 e. The number of sulfonamides is 1. The van der Waals surface area contributed by atoms with Crippen molar-refractivity contribution in [3.8, 4) is 0 Å². The SMILES string of the molecule is O=C(Nc1ccc(N2CCOCC2)c(S(=O)(=O)Nc2ccc(Cl)cc2)c1)c1ccc(Cl)s1. The fourth-order valence-electron chi connectivity index (χ4n) is 3.23. The lowest BCUT2D eigenvalue weighted by molar-refractivity contribution is 0.103. The number of anilines is 3. The quantitative estimate of drug-likeness (QED) is 0.489. The maximum absolute atomic E-state index is 13.3. The average molecular weight is 512 g/mol. The van der Waals surface area contributed by atoms with Crippen LogP contribution in [0.1, 0.15) is 9.67 Å². The van der Waals surface area contributed by atoms with E-state index < -0.39 is 10.0 Å². The number of hydrogen-bond acceptors (Lipinski definition) is 6. The van der Waals surface area contributed by atoms with Crippen molar-refractivity contribution in [2.45, 2.75) is 4.90 Å². The van der Waals surface area contributed by atoms with Crippen LogP contribution in [0, 0.1) is 0 Å². The molecule has 7 nitrogen and oxygen atoms in total. The molecule has 0 bridgehead atoms. The van der Waals surface area contributed by atoms with Gasteiger partial charge in [0.2, 0.25) is 0 Å². The van der Waals surface area contributed by atoms with Crippen LogP contribution in [-0.2, 0) is 14.8 Å². The molecule has 3 aromatic rings. The molecule has 0 atom stereocenters. The Labute approximate surface area is 200 Å². The van der Waals surface area contributed by atoms with E-state index >= 15 is 0 Å². The summed E-state index contributed by atoms with van der Waals surface area (Å²) in [5.41, 5.74) is 1.27. The summed E-state index contributed by atoms with van der Waals surface area (Å²) in [4.78, 5) is 15.0. The van der Waals surface area contributed by atoms with Crippen LogP contribution >= 0.6 is 34.5 Å². The monoisotopic (exact) mass is 511 g/mol. The third-order valence-electron chi connectivity index (χ3n) is 4.75. The van der Waals surface area contributed by atoms with Crippen LogP contribution in [0.25, 0.3) is 0 Å². The summed E-state index contributed by atoms with van der Waals surface area (Å²) >= 11 is 13.0. The highest BCUT2D eigenvalue weighted by Gasteiger charge is 2.25. The molecule has 2 aromatic carbocycles. The highest BCUT2D eigenvalue weighted by atomic mass is 35.5. The number of carbonyl (C=O) groups is 1. The first-order valence-electron chi connectivity index (χ1n) is 9.64. The van der Waals surface area contributed by atoms with Crippen molar-refractivity contribution in [3.63, 3.8) is 0 Å². The van der Waals surface area contributed by atoms with Crippen LogP contribution in [0.15, 0.2) is 59.5 Å². The Hall–Kier alpha value is -2.30. The Balaban J connectivity index is 1.68. The summed E-state index contributed by atoms with van der Waals surface area (Å²) in [6.45, 7) is 2.12. The van der Waals surface area contributed by atoms with Gasteiger partial charge in [0.25, 0.3) is 15.9 Å². The number of halogens is 2. The summed E-state index contributed by atoms with van der Waals surface area (Å²) in [6.07, 6.45) is 0. The van der Waals surface area contributed by atoms with Crippen molar-refractivity contribution < 1.29 is 17.9 Å². The van der Waals surface area contributed by atoms with E-state index in [1.807, 2.05) is 4.90 Å². The standard InChI is InChI=1S/C21H19Cl2N3O4S2/c22-14-1-3-15(4-2-14)25-32(28,29)19-13-16(24-21(27)18-7-8-20(23)31-18)5-6-17(19)26-9-11-30-12-10-26/h1-8,13,25H,9-12H2,(H,24,27). The highest BCUT2D eigenvalue weighted by molar-refractivity contribution is 7.92. The lowest BCUT2D eigenvalue weighted by Crippen LogP contribution is -2.37. The Morgan fingerprint density at radius 2 is 1.66 bits per heavy atom. The summed E-state index contributed by atoms with van der Waals surface area (Å²) in [7, 11) is -3.97. The maximum atomic E-state index is 13.3. The number of amides is 1. The van der Waals surface area contributed by atoms with E-state index in [9.17, 15) is 13.2 Å². The lowest BCUT2D eigenvalue weighted by atomic mass is 10.2. The molecule has 1 aliphatic rings. The van der Waals surface area contributed by atoms with Crippen LogP contribution in [0.2, 0.25) is 9.36 Å². The second-order valence-electron chi connectivity index (χ2n) is 6.95. The van der Waals surface area contributed by atoms with Crippen molar-refractivity contribution in [1.29, 1.82) is 0 Å². The minimum Gasteiger partial charge on any atom is -0.378 e. The number of morpholine rings is 1. The number of carbonyl (C=O) groups excluding carboxylic acids is 1. The van der Waals surface area contributed by atoms with Gasteiger partial charge < -0.3 is 15.0 Å². The van der Waals surface area contributed by atoms with Gasteiger partial charge >= 0.3 is 0 Å². The minimum absolute atomic E-state index is 0.0522. The van der Waals surface area contributed by atoms with Crippen LogP contribution in [0.5, 0.6) is 0 Å². The van der Waals surface area contributed by atoms with Gasteiger partial charge in [0.1, 0.15) is 4.90 Å². The van der Waals surface area contributed by atoms with Crippen molar-refractivity contribution in [2.75, 3.05) is 41.2 Å². The van der Waals surface area contributed by atoms with E-state index in [4.69, 9.17) is 27.9 Å². The van der Waals surface area contributed by atoms with E-state index in [1.54, 1.807) is 48.5 Å². The molecule has 0 saturated carbocycles. The second-order valence-corrected chi connectivity index (χ2v) is 10.8. The summed E-state index contributed by atoms with van der Waals surface area (Å²) in [5, 5.41) is 3.25. The first-order chi connectivity index (χ1) is 15.3. The van der Waals surface area contributed by atoms with Gasteiger partial charge in [0, 0.05) is 29.5 Å². The van der Waals surface area contributed by atoms with E-state index in [0.29, 0.717) is 57.6 Å². The molecule has 1 aliphatic heterocycles. The number of ether oxygens (including phenoxy) is 1. The molecule has 0 aliphatic carbocycles. The zero-order valence-corrected chi connectivity index (χ0v) is 19.8. The molecule has 2 N–H and O–H groups in total. The molecule has 1 aromatic heterocycles. The predicted octanol–water partition coefficient (Wildman–Crippen LogP) is 4.94. The van der Waals surface area contributed by atoms with Gasteiger partial charge in [0.05, 0.1) is 28.1 Å². The van der Waals surface area contributed by atoms with Gasteiger partial charge in [0.15, 0.2) is 0 Å². The normalized spacial score (nSPS) is 14.2. The third-order valence-corrected chi connectivity index (χ3v) is 7.64. The van der Waals surface area contributed by atoms with E-state index in [2.05, 4.69) is 10.0 Å². The van der Waals surface area contributed by atoms with Crippen LogP contribution in [-0.4, -0.2) is 40.6 Å². The molecule has 4 rings (SSSR count). The van der Waals surface area contributed by atoms with E-state index in [-0.39, 0.29) is 10.8 Å². The van der Waals surface area contributed by atoms with Gasteiger partial charge in [-0.05, 0) is 54.6 Å². The number of nitrogens with zero attached hydrogens (tertiary/aromatic N) is 1. The largest absolute Gasteiger partial charge is 0.378 e. The molecule has 0 spiro atoms. The summed E-state index contributed by atoms with van der Waals surface area (Å²) in [6, 6.07) is 14.4. The second kappa shape index (κ2) is 9.68. The first-order valence-corrected chi connectivity index (χ1v) is 12.7. The molecule has 1 fully saturated rings. The Morgan fingerprint density at radius 3 is 2.31 bits per heavy atom. The number of benzene rings is 2. The molecule has 11 heteroatoms. The fraction of sp³-hybridized carbons (Fsp3) is 0.190. The minimum atomic E-state index is -3.97.